The molecule has 0 spiro atoms. The number of esters is 1. The molecule has 216 valence electrons. The van der Waals surface area contributed by atoms with Gasteiger partial charge < -0.3 is 20.6 Å². The van der Waals surface area contributed by atoms with Gasteiger partial charge in [0.05, 0.1) is 0 Å². The van der Waals surface area contributed by atoms with Gasteiger partial charge in [-0.2, -0.15) is 9.36 Å². The number of nitrogens with one attached hydrogen (secondary N) is 1. The van der Waals surface area contributed by atoms with Crippen molar-refractivity contribution in [2.24, 2.45) is 5.16 Å². The van der Waals surface area contributed by atoms with Crippen molar-refractivity contribution in [2.45, 2.75) is 17.5 Å². The number of nitrogens with two attached hydrogens (primary N) is 1. The second kappa shape index (κ2) is 13.2. The van der Waals surface area contributed by atoms with E-state index in [0.29, 0.717) is 11.3 Å². The third kappa shape index (κ3) is 6.03. The Hall–Kier alpha value is -4.20. The van der Waals surface area contributed by atoms with Gasteiger partial charge in [-0.3, -0.25) is 14.5 Å². The molecular formula is C28H25ClN6O5S2. The number of aromatic nitrogens is 2. The minimum absolute atomic E-state index is 0.0256. The van der Waals surface area contributed by atoms with Crippen molar-refractivity contribution in [3.8, 4) is 0 Å². The van der Waals surface area contributed by atoms with Crippen LogP contribution in [-0.4, -0.2) is 67.9 Å². The lowest BCUT2D eigenvalue weighted by Gasteiger charge is -2.49. The van der Waals surface area contributed by atoms with E-state index in [1.165, 1.54) is 23.8 Å². The van der Waals surface area contributed by atoms with E-state index >= 15 is 0 Å². The molecule has 2 atom stereocenters. The number of oxime groups is 1. The molecule has 5 rings (SSSR count). The molecule has 1 aromatic heterocycles. The van der Waals surface area contributed by atoms with E-state index in [4.69, 9.17) is 26.9 Å². The molecule has 2 amide bonds. The van der Waals surface area contributed by atoms with E-state index in [1.807, 2.05) is 60.7 Å². The first-order valence-corrected chi connectivity index (χ1v) is 15.0. The number of alkyl halides is 1. The highest BCUT2D eigenvalue weighted by Gasteiger charge is 2.54. The van der Waals surface area contributed by atoms with Crippen LogP contribution < -0.4 is 11.1 Å². The molecule has 3 heterocycles. The Bertz CT molecular complexity index is 1520. The maximum atomic E-state index is 13.9. The van der Waals surface area contributed by atoms with Gasteiger partial charge in [0, 0.05) is 23.2 Å². The summed E-state index contributed by atoms with van der Waals surface area (Å²) >= 11 is 8.17. The van der Waals surface area contributed by atoms with Crippen molar-refractivity contribution in [2.75, 3.05) is 24.5 Å². The van der Waals surface area contributed by atoms with Crippen LogP contribution in [0.2, 0.25) is 0 Å². The van der Waals surface area contributed by atoms with Crippen LogP contribution in [0.4, 0.5) is 5.13 Å². The summed E-state index contributed by atoms with van der Waals surface area (Å²) in [6.45, 7) is 0. The number of amides is 2. The first-order valence-electron chi connectivity index (χ1n) is 12.7. The first kappa shape index (κ1) is 29.3. The van der Waals surface area contributed by atoms with Gasteiger partial charge in [0.2, 0.25) is 11.5 Å². The smallest absolute Gasteiger partial charge is 0.356 e. The van der Waals surface area contributed by atoms with Gasteiger partial charge in [-0.25, -0.2) is 4.79 Å². The van der Waals surface area contributed by atoms with E-state index < -0.39 is 35.3 Å². The Kier molecular flexibility index (Phi) is 9.20. The van der Waals surface area contributed by atoms with Crippen LogP contribution in [-0.2, 0) is 24.0 Å². The monoisotopic (exact) mass is 624 g/mol. The topological polar surface area (TPSA) is 149 Å². The number of carbonyl (C=O) groups is 3. The summed E-state index contributed by atoms with van der Waals surface area (Å²) in [6, 6.07) is 17.8. The summed E-state index contributed by atoms with van der Waals surface area (Å²) in [6.07, 6.45) is 2.70. The number of anilines is 1. The number of rotatable bonds is 10. The van der Waals surface area contributed by atoms with Gasteiger partial charge in [0.1, 0.15) is 24.2 Å². The number of nitrogens with zero attached hydrogens (tertiary/aromatic N) is 4. The Morgan fingerprint density at radius 1 is 1.19 bits per heavy atom. The zero-order valence-corrected chi connectivity index (χ0v) is 24.6. The van der Waals surface area contributed by atoms with Crippen LogP contribution in [0.1, 0.15) is 23.1 Å². The highest BCUT2D eigenvalue weighted by atomic mass is 35.5. The molecule has 2 aromatic carbocycles. The molecule has 2 aliphatic heterocycles. The van der Waals surface area contributed by atoms with E-state index in [0.717, 1.165) is 22.7 Å². The number of carbonyl (C=O) groups excluding carboxylic acids is 3. The predicted molar refractivity (Wildman–Crippen MR) is 161 cm³/mol. The molecule has 1 unspecified atom stereocenters. The fraction of sp³-hybridized carbons (Fsp3) is 0.214. The SMILES string of the molecule is CON=C(C(=O)NC1C(=O)N2C(C(=O)OC(c3ccccc3)c3ccccc3)=C(C=CCCl)CS[C@H]12)c1nsc(N)n1. The number of hydrogen-bond donors (Lipinski definition) is 2. The van der Waals surface area contributed by atoms with Crippen LogP contribution >= 0.6 is 34.9 Å². The second-order valence-electron chi connectivity index (χ2n) is 8.98. The van der Waals surface area contributed by atoms with Crippen LogP contribution in [0.25, 0.3) is 0 Å². The largest absolute Gasteiger partial charge is 0.448 e. The van der Waals surface area contributed by atoms with Gasteiger partial charge >= 0.3 is 5.97 Å². The number of hydrogen-bond acceptors (Lipinski definition) is 11. The van der Waals surface area contributed by atoms with Crippen molar-refractivity contribution in [3.63, 3.8) is 0 Å². The third-order valence-corrected chi connectivity index (χ3v) is 8.39. The maximum Gasteiger partial charge on any atom is 0.356 e. The van der Waals surface area contributed by atoms with E-state index in [-0.39, 0.29) is 28.2 Å². The number of nitrogen functional groups attached to an aromatic ring is 1. The molecule has 3 aromatic rings. The number of fused-ring (bicyclic) bond motifs is 1. The third-order valence-electron chi connectivity index (χ3n) is 6.37. The van der Waals surface area contributed by atoms with Crippen LogP contribution in [0, 0.1) is 0 Å². The molecule has 42 heavy (non-hydrogen) atoms. The molecule has 1 fully saturated rings. The molecule has 0 radical (unpaired) electrons. The average Bonchev–Trinajstić information content (AvgIpc) is 3.45. The van der Waals surface area contributed by atoms with Crippen LogP contribution in [0.5, 0.6) is 0 Å². The number of thioether (sulfide) groups is 1. The van der Waals surface area contributed by atoms with Gasteiger partial charge in [-0.05, 0) is 16.7 Å². The lowest BCUT2D eigenvalue weighted by Crippen LogP contribution is -2.71. The summed E-state index contributed by atoms with van der Waals surface area (Å²) < 4.78 is 10.1. The summed E-state index contributed by atoms with van der Waals surface area (Å²) in [5.41, 5.74) is 7.67. The van der Waals surface area contributed by atoms with E-state index in [2.05, 4.69) is 19.8 Å². The van der Waals surface area contributed by atoms with Gasteiger partial charge in [0.25, 0.3) is 11.8 Å². The maximum absolute atomic E-state index is 13.9. The second-order valence-corrected chi connectivity index (χ2v) is 11.2. The number of benzene rings is 2. The van der Waals surface area contributed by atoms with Crippen molar-refractivity contribution >= 4 is 63.5 Å². The molecule has 14 heteroatoms. The Morgan fingerprint density at radius 3 is 2.43 bits per heavy atom. The first-order chi connectivity index (χ1) is 20.4. The molecule has 3 N–H and O–H groups in total. The van der Waals surface area contributed by atoms with Crippen molar-refractivity contribution in [1.29, 1.82) is 0 Å². The number of β-lactam (4-membered cyclic amide) rings is 1. The molecule has 0 saturated carbocycles. The molecule has 0 aliphatic carbocycles. The average molecular weight is 625 g/mol. The number of ether oxygens (including phenoxy) is 1. The van der Waals surface area contributed by atoms with Gasteiger partial charge in [0.15, 0.2) is 11.2 Å². The minimum Gasteiger partial charge on any atom is -0.448 e. The molecule has 0 bridgehead atoms. The Balaban J connectivity index is 1.41. The summed E-state index contributed by atoms with van der Waals surface area (Å²) in [5, 5.41) is 5.97. The lowest BCUT2D eigenvalue weighted by molar-refractivity contribution is -0.154. The van der Waals surface area contributed by atoms with Crippen molar-refractivity contribution < 1.29 is 24.0 Å². The standard InChI is InChI=1S/C28H25ClN6O5S2/c1-39-33-19(23-32-28(30)42-34-23)24(36)31-20-25(37)35-21(18(13-8-14-29)15-41-26(20)35)27(38)40-22(16-9-4-2-5-10-16)17-11-6-3-7-12-17/h2-13,20,22,26H,14-15H2,1H3,(H,31,36)(H2,30,32,34)/t20?,26-/m1/s1. The summed E-state index contributed by atoms with van der Waals surface area (Å²) in [7, 11) is 1.27. The van der Waals surface area contributed by atoms with Gasteiger partial charge in [-0.1, -0.05) is 78.0 Å². The number of allylic oxidation sites excluding steroid dienone is 2. The highest BCUT2D eigenvalue weighted by Crippen LogP contribution is 2.42. The van der Waals surface area contributed by atoms with Crippen LogP contribution in [0.3, 0.4) is 0 Å². The normalized spacial score (nSPS) is 18.6. The van der Waals surface area contributed by atoms with Crippen molar-refractivity contribution in [3.05, 3.63) is 101 Å². The van der Waals surface area contributed by atoms with Gasteiger partial charge in [-0.15, -0.1) is 23.4 Å². The molecule has 2 aliphatic rings. The zero-order valence-electron chi connectivity index (χ0n) is 22.2. The quantitative estimate of drug-likeness (QED) is 0.114. The van der Waals surface area contributed by atoms with E-state index in [1.54, 1.807) is 12.2 Å². The van der Waals surface area contributed by atoms with Crippen molar-refractivity contribution in [1.82, 2.24) is 19.6 Å². The molecular weight excluding hydrogens is 600 g/mol. The van der Waals surface area contributed by atoms with Crippen LogP contribution in [0.15, 0.2) is 89.2 Å². The van der Waals surface area contributed by atoms with E-state index in [9.17, 15) is 14.4 Å². The summed E-state index contributed by atoms with van der Waals surface area (Å²) in [5.74, 6) is -1.30. The predicted octanol–water partition coefficient (Wildman–Crippen LogP) is 3.25. The summed E-state index contributed by atoms with van der Waals surface area (Å²) in [4.78, 5) is 50.6. The minimum atomic E-state index is -0.944. The zero-order chi connectivity index (χ0) is 29.6. The highest BCUT2D eigenvalue weighted by molar-refractivity contribution is 8.00. The number of halogens is 1. The Labute approximate surface area is 254 Å². The lowest BCUT2D eigenvalue weighted by atomic mass is 10.0. The molecule has 1 saturated heterocycles. The fourth-order valence-electron chi connectivity index (χ4n) is 4.51. The Morgan fingerprint density at radius 2 is 1.86 bits per heavy atom. The fourth-order valence-corrected chi connectivity index (χ4v) is 6.35. The molecule has 11 nitrogen and oxygen atoms in total.